The number of imide groups is 1. The first-order chi connectivity index (χ1) is 12.3. The Labute approximate surface area is 146 Å². The van der Waals surface area contributed by atoms with Crippen molar-refractivity contribution in [3.05, 3.63) is 65.4 Å². The van der Waals surface area contributed by atoms with Gasteiger partial charge in [0.1, 0.15) is 17.3 Å². The first kappa shape index (κ1) is 17.3. The van der Waals surface area contributed by atoms with Crippen LogP contribution in [0.15, 0.2) is 48.2 Å². The molecule has 8 heteroatoms. The summed E-state index contributed by atoms with van der Waals surface area (Å²) in [5.41, 5.74) is 0.839. The third-order valence-electron chi connectivity index (χ3n) is 3.56. The molecule has 3 N–H and O–H groups in total. The summed E-state index contributed by atoms with van der Waals surface area (Å²) in [5, 5.41) is 7.32. The number of carbonyl (C=O) groups is 3. The van der Waals surface area contributed by atoms with E-state index in [2.05, 4.69) is 16.0 Å². The minimum Gasteiger partial charge on any atom is -0.350 e. The molecule has 0 saturated carbocycles. The lowest BCUT2D eigenvalue weighted by Crippen LogP contribution is -2.24. The van der Waals surface area contributed by atoms with Crippen LogP contribution in [0.5, 0.6) is 0 Å². The molecular weight excluding hydrogens is 344 g/mol. The van der Waals surface area contributed by atoms with Crippen molar-refractivity contribution in [3.8, 4) is 0 Å². The summed E-state index contributed by atoms with van der Waals surface area (Å²) in [6, 6.07) is 8.94. The zero-order valence-corrected chi connectivity index (χ0v) is 13.5. The molecule has 0 atom stereocenters. The average Bonchev–Trinajstić information content (AvgIpc) is 2.80. The van der Waals surface area contributed by atoms with Crippen LogP contribution in [-0.4, -0.2) is 17.7 Å². The number of benzene rings is 2. The Kier molecular flexibility index (Phi) is 4.49. The second-order valence-electron chi connectivity index (χ2n) is 5.57. The molecule has 0 fully saturated rings. The SMILES string of the molecule is CC(=O)Nc1ccc(C2=C(Nc3cc(F)cc(F)c3)C(=O)NC2=O)cc1. The maximum Gasteiger partial charge on any atom is 0.275 e. The van der Waals surface area contributed by atoms with Crippen LogP contribution < -0.4 is 16.0 Å². The van der Waals surface area contributed by atoms with E-state index in [1.54, 1.807) is 24.3 Å². The van der Waals surface area contributed by atoms with Crippen molar-refractivity contribution in [2.24, 2.45) is 0 Å². The van der Waals surface area contributed by atoms with Crippen LogP contribution in [0.4, 0.5) is 20.2 Å². The maximum absolute atomic E-state index is 13.3. The molecule has 1 heterocycles. The molecule has 0 saturated heterocycles. The quantitative estimate of drug-likeness (QED) is 0.734. The zero-order chi connectivity index (χ0) is 18.8. The third-order valence-corrected chi connectivity index (χ3v) is 3.56. The van der Waals surface area contributed by atoms with E-state index in [0.29, 0.717) is 17.3 Å². The van der Waals surface area contributed by atoms with Crippen LogP contribution in [0.2, 0.25) is 0 Å². The Morgan fingerprint density at radius 1 is 0.923 bits per heavy atom. The number of anilines is 2. The Morgan fingerprint density at radius 3 is 2.12 bits per heavy atom. The van der Waals surface area contributed by atoms with Gasteiger partial charge in [0.15, 0.2) is 0 Å². The lowest BCUT2D eigenvalue weighted by Gasteiger charge is -2.09. The molecule has 0 aromatic heterocycles. The van der Waals surface area contributed by atoms with Crippen LogP contribution in [0.25, 0.3) is 5.57 Å². The molecule has 0 bridgehead atoms. The van der Waals surface area contributed by atoms with Gasteiger partial charge < -0.3 is 10.6 Å². The van der Waals surface area contributed by atoms with Gasteiger partial charge in [-0.25, -0.2) is 8.78 Å². The van der Waals surface area contributed by atoms with Crippen molar-refractivity contribution < 1.29 is 23.2 Å². The van der Waals surface area contributed by atoms with Crippen LogP contribution in [0, 0.1) is 11.6 Å². The maximum atomic E-state index is 13.3. The number of hydrogen-bond acceptors (Lipinski definition) is 4. The van der Waals surface area contributed by atoms with E-state index < -0.39 is 23.4 Å². The van der Waals surface area contributed by atoms with Crippen molar-refractivity contribution in [3.63, 3.8) is 0 Å². The number of hydrogen-bond donors (Lipinski definition) is 3. The predicted molar refractivity (Wildman–Crippen MR) is 90.8 cm³/mol. The lowest BCUT2D eigenvalue weighted by molar-refractivity contribution is -0.123. The fourth-order valence-corrected chi connectivity index (χ4v) is 2.54. The van der Waals surface area contributed by atoms with Crippen LogP contribution in [-0.2, 0) is 14.4 Å². The summed E-state index contributed by atoms with van der Waals surface area (Å²) < 4.78 is 26.7. The summed E-state index contributed by atoms with van der Waals surface area (Å²) >= 11 is 0. The summed E-state index contributed by atoms with van der Waals surface area (Å²) in [6.45, 7) is 1.36. The van der Waals surface area contributed by atoms with E-state index in [0.717, 1.165) is 12.1 Å². The van der Waals surface area contributed by atoms with Gasteiger partial charge in [-0.3, -0.25) is 19.7 Å². The van der Waals surface area contributed by atoms with Gasteiger partial charge in [-0.05, 0) is 29.8 Å². The monoisotopic (exact) mass is 357 g/mol. The Morgan fingerprint density at radius 2 is 1.54 bits per heavy atom. The smallest absolute Gasteiger partial charge is 0.275 e. The zero-order valence-electron chi connectivity index (χ0n) is 13.5. The van der Waals surface area contributed by atoms with Gasteiger partial charge in [0.25, 0.3) is 11.8 Å². The molecule has 0 unspecified atom stereocenters. The predicted octanol–water partition coefficient (Wildman–Crippen LogP) is 2.40. The fourth-order valence-electron chi connectivity index (χ4n) is 2.54. The lowest BCUT2D eigenvalue weighted by atomic mass is 10.0. The molecule has 3 rings (SSSR count). The van der Waals surface area contributed by atoms with E-state index in [1.165, 1.54) is 6.92 Å². The minimum absolute atomic E-state index is 0.00489. The number of halogens is 2. The first-order valence-electron chi connectivity index (χ1n) is 7.54. The van der Waals surface area contributed by atoms with Gasteiger partial charge >= 0.3 is 0 Å². The van der Waals surface area contributed by atoms with Gasteiger partial charge in [0.05, 0.1) is 5.57 Å². The molecule has 2 aromatic rings. The Bertz CT molecular complexity index is 932. The van der Waals surface area contributed by atoms with Crippen molar-refractivity contribution in [2.45, 2.75) is 6.92 Å². The molecule has 3 amide bonds. The average molecular weight is 357 g/mol. The highest BCUT2D eigenvalue weighted by Crippen LogP contribution is 2.27. The summed E-state index contributed by atoms with van der Waals surface area (Å²) in [7, 11) is 0. The highest BCUT2D eigenvalue weighted by atomic mass is 19.1. The molecule has 0 spiro atoms. The van der Waals surface area contributed by atoms with Crippen molar-refractivity contribution >= 4 is 34.7 Å². The number of rotatable bonds is 4. The van der Waals surface area contributed by atoms with Crippen molar-refractivity contribution in [1.82, 2.24) is 5.32 Å². The van der Waals surface area contributed by atoms with Crippen LogP contribution >= 0.6 is 0 Å². The summed E-state index contributed by atoms with van der Waals surface area (Å²) in [4.78, 5) is 35.3. The minimum atomic E-state index is -0.820. The summed E-state index contributed by atoms with van der Waals surface area (Å²) in [5.74, 6) is -3.23. The molecule has 132 valence electrons. The molecule has 2 aromatic carbocycles. The largest absolute Gasteiger partial charge is 0.350 e. The Balaban J connectivity index is 1.98. The Hall–Kier alpha value is -3.55. The second kappa shape index (κ2) is 6.75. The first-order valence-corrected chi connectivity index (χ1v) is 7.54. The molecule has 0 radical (unpaired) electrons. The molecule has 26 heavy (non-hydrogen) atoms. The highest BCUT2D eigenvalue weighted by molar-refractivity contribution is 6.36. The number of amides is 3. The van der Waals surface area contributed by atoms with E-state index >= 15 is 0 Å². The summed E-state index contributed by atoms with van der Waals surface area (Å²) in [6.07, 6.45) is 0. The van der Waals surface area contributed by atoms with Crippen LogP contribution in [0.1, 0.15) is 12.5 Å². The second-order valence-corrected chi connectivity index (χ2v) is 5.57. The van der Waals surface area contributed by atoms with Gasteiger partial charge in [-0.15, -0.1) is 0 Å². The van der Waals surface area contributed by atoms with E-state index in [-0.39, 0.29) is 22.9 Å². The van der Waals surface area contributed by atoms with Crippen LogP contribution in [0.3, 0.4) is 0 Å². The van der Waals surface area contributed by atoms with E-state index in [4.69, 9.17) is 0 Å². The van der Waals surface area contributed by atoms with Gasteiger partial charge in [0, 0.05) is 24.4 Å². The third kappa shape index (κ3) is 3.59. The molecule has 1 aliphatic heterocycles. The van der Waals surface area contributed by atoms with Crippen molar-refractivity contribution in [2.75, 3.05) is 10.6 Å². The normalized spacial score (nSPS) is 13.7. The van der Waals surface area contributed by atoms with E-state index in [1.807, 2.05) is 0 Å². The molecule has 1 aliphatic rings. The molecule has 6 nitrogen and oxygen atoms in total. The van der Waals surface area contributed by atoms with Gasteiger partial charge in [0.2, 0.25) is 5.91 Å². The van der Waals surface area contributed by atoms with E-state index in [9.17, 15) is 23.2 Å². The highest BCUT2D eigenvalue weighted by Gasteiger charge is 2.31. The van der Waals surface area contributed by atoms with Gasteiger partial charge in [-0.2, -0.15) is 0 Å². The fraction of sp³-hybridized carbons (Fsp3) is 0.0556. The van der Waals surface area contributed by atoms with Gasteiger partial charge in [-0.1, -0.05) is 12.1 Å². The topological polar surface area (TPSA) is 87.3 Å². The molecular formula is C18H13F2N3O3. The molecule has 0 aliphatic carbocycles. The number of carbonyl (C=O) groups excluding carboxylic acids is 3. The van der Waals surface area contributed by atoms with Crippen molar-refractivity contribution in [1.29, 1.82) is 0 Å². The standard InChI is InChI=1S/C18H13F2N3O3/c1-9(24)21-13-4-2-10(3-5-13)15-16(18(26)23-17(15)25)22-14-7-11(19)6-12(20)8-14/h2-8H,1H3,(H,21,24)(H2,22,23,25,26). The number of nitrogens with one attached hydrogen (secondary N) is 3.